The van der Waals surface area contributed by atoms with Crippen LogP contribution in [0.25, 0.3) is 0 Å². The first-order valence-electron chi connectivity index (χ1n) is 7.26. The van der Waals surface area contributed by atoms with E-state index >= 15 is 0 Å². The van der Waals surface area contributed by atoms with Gasteiger partial charge in [0.2, 0.25) is 11.7 Å². The van der Waals surface area contributed by atoms with Gasteiger partial charge in [0.25, 0.3) is 0 Å². The molecule has 2 N–H and O–H groups in total. The summed E-state index contributed by atoms with van der Waals surface area (Å²) >= 11 is 0. The predicted molar refractivity (Wildman–Crippen MR) is 76.7 cm³/mol. The second-order valence-electron chi connectivity index (χ2n) is 5.78. The van der Waals surface area contributed by atoms with Crippen LogP contribution >= 0.6 is 0 Å². The van der Waals surface area contributed by atoms with E-state index in [9.17, 15) is 14.9 Å². The van der Waals surface area contributed by atoms with Gasteiger partial charge in [-0.3, -0.25) is 14.9 Å². The summed E-state index contributed by atoms with van der Waals surface area (Å²) in [5.41, 5.74) is 5.47. The molecule has 0 bridgehead atoms. The lowest BCUT2D eigenvalue weighted by Gasteiger charge is -2.33. The maximum Gasteiger partial charge on any atom is 0.311 e. The summed E-state index contributed by atoms with van der Waals surface area (Å²) in [6.07, 6.45) is 6.40. The number of nitrogens with zero attached hydrogens (tertiary/aromatic N) is 3. The quantitative estimate of drug-likeness (QED) is 0.673. The van der Waals surface area contributed by atoms with Crippen LogP contribution in [-0.4, -0.2) is 27.9 Å². The highest BCUT2D eigenvalue weighted by Crippen LogP contribution is 2.43. The molecule has 3 atom stereocenters. The molecule has 2 aliphatic rings. The smallest absolute Gasteiger partial charge is 0.311 e. The summed E-state index contributed by atoms with van der Waals surface area (Å²) in [6.45, 7) is 0. The third kappa shape index (κ3) is 2.32. The Kier molecular flexibility index (Phi) is 3.48. The van der Waals surface area contributed by atoms with Crippen LogP contribution in [0.2, 0.25) is 0 Å². The number of nitrogens with two attached hydrogens (primary N) is 1. The fourth-order valence-electron chi connectivity index (χ4n) is 3.75. The number of anilines is 1. The van der Waals surface area contributed by atoms with Crippen molar-refractivity contribution in [3.8, 4) is 0 Å². The Morgan fingerprint density at radius 2 is 2.19 bits per heavy atom. The van der Waals surface area contributed by atoms with Crippen molar-refractivity contribution >= 4 is 17.4 Å². The number of aromatic nitrogens is 1. The molecule has 0 spiro atoms. The molecule has 1 saturated heterocycles. The third-order valence-corrected chi connectivity index (χ3v) is 4.62. The van der Waals surface area contributed by atoms with E-state index < -0.39 is 16.9 Å². The van der Waals surface area contributed by atoms with E-state index in [2.05, 4.69) is 4.98 Å². The summed E-state index contributed by atoms with van der Waals surface area (Å²) in [4.78, 5) is 28.6. The number of fused-ring (bicyclic) bond motifs is 1. The molecule has 0 aromatic carbocycles. The Morgan fingerprint density at radius 1 is 1.43 bits per heavy atom. The summed E-state index contributed by atoms with van der Waals surface area (Å²) in [7, 11) is 0. The van der Waals surface area contributed by atoms with Crippen LogP contribution < -0.4 is 10.6 Å². The molecule has 1 aliphatic heterocycles. The van der Waals surface area contributed by atoms with E-state index in [-0.39, 0.29) is 17.5 Å². The molecule has 1 aromatic heterocycles. The van der Waals surface area contributed by atoms with Crippen LogP contribution in [0.1, 0.15) is 32.1 Å². The molecule has 0 unspecified atom stereocenters. The summed E-state index contributed by atoms with van der Waals surface area (Å²) in [5, 5.41) is 11.2. The van der Waals surface area contributed by atoms with Crippen LogP contribution in [0.3, 0.4) is 0 Å². The van der Waals surface area contributed by atoms with Gasteiger partial charge in [-0.25, -0.2) is 4.98 Å². The largest absolute Gasteiger partial charge is 0.368 e. The van der Waals surface area contributed by atoms with Crippen molar-refractivity contribution in [2.75, 3.05) is 4.90 Å². The molecule has 1 saturated carbocycles. The summed E-state index contributed by atoms with van der Waals surface area (Å²) < 4.78 is 0. The lowest BCUT2D eigenvalue weighted by molar-refractivity contribution is -0.384. The van der Waals surface area contributed by atoms with Gasteiger partial charge in [0.1, 0.15) is 6.04 Å². The van der Waals surface area contributed by atoms with Gasteiger partial charge in [0, 0.05) is 18.3 Å². The zero-order valence-corrected chi connectivity index (χ0v) is 11.6. The first-order chi connectivity index (χ1) is 10.1. The number of pyridine rings is 1. The Bertz CT molecular complexity index is 577. The maximum atomic E-state index is 11.8. The van der Waals surface area contributed by atoms with Gasteiger partial charge >= 0.3 is 5.69 Å². The van der Waals surface area contributed by atoms with Gasteiger partial charge in [-0.2, -0.15) is 0 Å². The number of carbonyl (C=O) groups excluding carboxylic acids is 1. The molecule has 3 rings (SSSR count). The maximum absolute atomic E-state index is 11.8. The van der Waals surface area contributed by atoms with Crippen LogP contribution in [0.15, 0.2) is 18.3 Å². The molecule has 2 fully saturated rings. The van der Waals surface area contributed by atoms with E-state index in [1.807, 2.05) is 4.90 Å². The molecule has 1 amide bonds. The highest BCUT2D eigenvalue weighted by Gasteiger charge is 2.46. The van der Waals surface area contributed by atoms with Crippen LogP contribution in [0.4, 0.5) is 11.5 Å². The lowest BCUT2D eigenvalue weighted by Crippen LogP contribution is -2.45. The number of primary amides is 1. The molecule has 1 aliphatic carbocycles. The van der Waals surface area contributed by atoms with Crippen molar-refractivity contribution in [3.63, 3.8) is 0 Å². The third-order valence-electron chi connectivity index (χ3n) is 4.62. The Hall–Kier alpha value is -2.18. The van der Waals surface area contributed by atoms with Crippen molar-refractivity contribution in [2.24, 2.45) is 11.7 Å². The molecule has 112 valence electrons. The predicted octanol–water partition coefficient (Wildman–Crippen LogP) is 1.61. The standard InChI is InChI=1S/C14H18N4O3/c15-13(19)12-8-9-4-1-2-5-10(9)17(12)14-11(18(20)21)6-3-7-16-14/h3,6-7,9-10,12H,1-2,4-5,8H2,(H2,15,19)/t9-,10-,12+/m1/s1. The molecule has 1 aromatic rings. The average Bonchev–Trinajstić information content (AvgIpc) is 2.86. The molecule has 7 heteroatoms. The number of rotatable bonds is 3. The average molecular weight is 290 g/mol. The Balaban J connectivity index is 2.04. The lowest BCUT2D eigenvalue weighted by atomic mass is 9.84. The van der Waals surface area contributed by atoms with Crippen molar-refractivity contribution in [2.45, 2.75) is 44.2 Å². The molecule has 7 nitrogen and oxygen atoms in total. The van der Waals surface area contributed by atoms with E-state index in [0.717, 1.165) is 25.7 Å². The van der Waals surface area contributed by atoms with Gasteiger partial charge in [0.15, 0.2) is 0 Å². The number of carbonyl (C=O) groups is 1. The fraction of sp³-hybridized carbons (Fsp3) is 0.571. The van der Waals surface area contributed by atoms with Gasteiger partial charge in [0.05, 0.1) is 4.92 Å². The number of hydrogen-bond acceptors (Lipinski definition) is 5. The van der Waals surface area contributed by atoms with E-state index in [4.69, 9.17) is 5.73 Å². The molecule has 21 heavy (non-hydrogen) atoms. The first kappa shape index (κ1) is 13.8. The minimum Gasteiger partial charge on any atom is -0.368 e. The minimum atomic E-state index is -0.494. The molecular formula is C14H18N4O3. The van der Waals surface area contributed by atoms with Crippen molar-refractivity contribution < 1.29 is 9.72 Å². The van der Waals surface area contributed by atoms with E-state index in [1.54, 1.807) is 0 Å². The topological polar surface area (TPSA) is 102 Å². The Morgan fingerprint density at radius 3 is 2.90 bits per heavy atom. The summed E-state index contributed by atoms with van der Waals surface area (Å²) in [6, 6.07) is 2.60. The fourth-order valence-corrected chi connectivity index (χ4v) is 3.75. The summed E-state index contributed by atoms with van der Waals surface area (Å²) in [5.74, 6) is 0.225. The second kappa shape index (κ2) is 5.31. The minimum absolute atomic E-state index is 0.0602. The molecule has 2 heterocycles. The van der Waals surface area contributed by atoms with Gasteiger partial charge < -0.3 is 10.6 Å². The number of hydrogen-bond donors (Lipinski definition) is 1. The number of nitro groups is 1. The van der Waals surface area contributed by atoms with Crippen LogP contribution in [-0.2, 0) is 4.79 Å². The van der Waals surface area contributed by atoms with Crippen molar-refractivity contribution in [1.29, 1.82) is 0 Å². The van der Waals surface area contributed by atoms with Crippen LogP contribution in [0.5, 0.6) is 0 Å². The molecule has 0 radical (unpaired) electrons. The van der Waals surface area contributed by atoms with Crippen molar-refractivity contribution in [3.05, 3.63) is 28.4 Å². The zero-order valence-electron chi connectivity index (χ0n) is 11.6. The highest BCUT2D eigenvalue weighted by atomic mass is 16.6. The Labute approximate surface area is 122 Å². The van der Waals surface area contributed by atoms with E-state index in [0.29, 0.717) is 12.3 Å². The molecular weight excluding hydrogens is 272 g/mol. The normalized spacial score (nSPS) is 28.2. The SMILES string of the molecule is NC(=O)[C@@H]1C[C@H]2CCCC[C@H]2N1c1ncccc1[N+](=O)[O-]. The second-order valence-corrected chi connectivity index (χ2v) is 5.78. The first-order valence-corrected chi connectivity index (χ1v) is 7.26. The highest BCUT2D eigenvalue weighted by molar-refractivity contribution is 5.85. The van der Waals surface area contributed by atoms with Gasteiger partial charge in [-0.1, -0.05) is 12.8 Å². The van der Waals surface area contributed by atoms with Gasteiger partial charge in [-0.05, 0) is 31.2 Å². The monoisotopic (exact) mass is 290 g/mol. The van der Waals surface area contributed by atoms with Crippen molar-refractivity contribution in [1.82, 2.24) is 4.98 Å². The zero-order chi connectivity index (χ0) is 15.0. The number of amides is 1. The van der Waals surface area contributed by atoms with E-state index in [1.165, 1.54) is 18.3 Å². The van der Waals surface area contributed by atoms with Gasteiger partial charge in [-0.15, -0.1) is 0 Å². The van der Waals surface area contributed by atoms with Crippen LogP contribution in [0, 0.1) is 16.0 Å².